The first-order chi connectivity index (χ1) is 6.20. The molecule has 0 N–H and O–H groups in total. The first kappa shape index (κ1) is 11.2. The Balaban J connectivity index is 2.57. The monoisotopic (exact) mass is 198 g/mol. The number of thiol groups is 1. The van der Waals surface area contributed by atoms with E-state index in [-0.39, 0.29) is 0 Å². The highest BCUT2D eigenvalue weighted by Gasteiger charge is 2.45. The van der Waals surface area contributed by atoms with E-state index in [4.69, 9.17) is 0 Å². The Morgan fingerprint density at radius 2 is 1.92 bits per heavy atom. The van der Waals surface area contributed by atoms with Gasteiger partial charge in [-0.3, -0.25) is 0 Å². The predicted molar refractivity (Wildman–Crippen MR) is 63.3 cm³/mol. The molecule has 0 saturated heterocycles. The van der Waals surface area contributed by atoms with E-state index < -0.39 is 0 Å². The van der Waals surface area contributed by atoms with Gasteiger partial charge in [0.25, 0.3) is 0 Å². The third-order valence-electron chi connectivity index (χ3n) is 3.49. The van der Waals surface area contributed by atoms with Crippen molar-refractivity contribution in [1.82, 2.24) is 0 Å². The van der Waals surface area contributed by atoms with Gasteiger partial charge in [0.05, 0.1) is 0 Å². The van der Waals surface area contributed by atoms with Gasteiger partial charge in [0.1, 0.15) is 0 Å². The standard InChI is InChI=1S/C12H22S/c1-4-6-12(7-5-2)8-11(9-13)10(12)3/h11,13H,3-9H2,1-2H3. The van der Waals surface area contributed by atoms with E-state index in [1.54, 1.807) is 0 Å². The molecule has 0 heterocycles. The van der Waals surface area contributed by atoms with Gasteiger partial charge in [0, 0.05) is 0 Å². The zero-order chi connectivity index (χ0) is 9.90. The zero-order valence-corrected chi connectivity index (χ0v) is 9.87. The van der Waals surface area contributed by atoms with Gasteiger partial charge < -0.3 is 0 Å². The molecule has 0 radical (unpaired) electrons. The molecular weight excluding hydrogens is 176 g/mol. The van der Waals surface area contributed by atoms with E-state index in [0.717, 1.165) is 5.75 Å². The molecule has 0 aliphatic heterocycles. The highest BCUT2D eigenvalue weighted by atomic mass is 32.1. The van der Waals surface area contributed by atoms with Crippen LogP contribution in [0.25, 0.3) is 0 Å². The van der Waals surface area contributed by atoms with Crippen LogP contribution < -0.4 is 0 Å². The van der Waals surface area contributed by atoms with Crippen LogP contribution in [0.15, 0.2) is 12.2 Å². The van der Waals surface area contributed by atoms with Crippen LogP contribution in [0.4, 0.5) is 0 Å². The maximum atomic E-state index is 4.36. The predicted octanol–water partition coefficient (Wildman–Crippen LogP) is 4.08. The van der Waals surface area contributed by atoms with E-state index in [1.165, 1.54) is 37.7 Å². The number of rotatable bonds is 5. The minimum atomic E-state index is 0.511. The average Bonchev–Trinajstić information content (AvgIpc) is 2.14. The van der Waals surface area contributed by atoms with Gasteiger partial charge in [-0.05, 0) is 36.3 Å². The molecule has 1 rings (SSSR count). The second-order valence-corrected chi connectivity index (χ2v) is 4.75. The molecule has 1 saturated carbocycles. The largest absolute Gasteiger partial charge is 0.179 e. The van der Waals surface area contributed by atoms with E-state index in [0.29, 0.717) is 11.3 Å². The maximum Gasteiger partial charge on any atom is -0.00317 e. The molecule has 1 fully saturated rings. The lowest BCUT2D eigenvalue weighted by atomic mass is 9.55. The van der Waals surface area contributed by atoms with Gasteiger partial charge in [-0.25, -0.2) is 0 Å². The Morgan fingerprint density at radius 1 is 1.38 bits per heavy atom. The van der Waals surface area contributed by atoms with Gasteiger partial charge in [-0.2, -0.15) is 12.6 Å². The summed E-state index contributed by atoms with van der Waals surface area (Å²) in [7, 11) is 0. The van der Waals surface area contributed by atoms with Gasteiger partial charge in [0.15, 0.2) is 0 Å². The van der Waals surface area contributed by atoms with Gasteiger partial charge in [-0.1, -0.05) is 38.8 Å². The highest BCUT2D eigenvalue weighted by Crippen LogP contribution is 2.55. The van der Waals surface area contributed by atoms with Gasteiger partial charge >= 0.3 is 0 Å². The summed E-state index contributed by atoms with van der Waals surface area (Å²) in [6.07, 6.45) is 6.60. The van der Waals surface area contributed by atoms with E-state index in [1.807, 2.05) is 0 Å². The van der Waals surface area contributed by atoms with Crippen LogP contribution >= 0.6 is 12.6 Å². The summed E-state index contributed by atoms with van der Waals surface area (Å²) in [6, 6.07) is 0. The van der Waals surface area contributed by atoms with Crippen LogP contribution in [-0.4, -0.2) is 5.75 Å². The third kappa shape index (κ3) is 1.96. The summed E-state index contributed by atoms with van der Waals surface area (Å²) in [5, 5.41) is 0. The summed E-state index contributed by atoms with van der Waals surface area (Å²) in [4.78, 5) is 0. The Hall–Kier alpha value is 0.0900. The lowest BCUT2D eigenvalue weighted by molar-refractivity contribution is 0.146. The van der Waals surface area contributed by atoms with Crippen molar-refractivity contribution >= 4 is 12.6 Å². The summed E-state index contributed by atoms with van der Waals surface area (Å²) >= 11 is 4.36. The molecule has 13 heavy (non-hydrogen) atoms. The van der Waals surface area contributed by atoms with Crippen LogP contribution in [0.2, 0.25) is 0 Å². The van der Waals surface area contributed by atoms with Gasteiger partial charge in [-0.15, -0.1) is 0 Å². The summed E-state index contributed by atoms with van der Waals surface area (Å²) in [6.45, 7) is 8.81. The second-order valence-electron chi connectivity index (χ2n) is 4.39. The summed E-state index contributed by atoms with van der Waals surface area (Å²) in [5.41, 5.74) is 2.00. The number of allylic oxidation sites excluding steroid dienone is 1. The number of hydrogen-bond donors (Lipinski definition) is 1. The van der Waals surface area contributed by atoms with Crippen LogP contribution in [0.1, 0.15) is 46.0 Å². The van der Waals surface area contributed by atoms with Crippen molar-refractivity contribution < 1.29 is 0 Å². The average molecular weight is 198 g/mol. The third-order valence-corrected chi connectivity index (χ3v) is 3.93. The Kier molecular flexibility index (Phi) is 3.90. The summed E-state index contributed by atoms with van der Waals surface area (Å²) in [5.74, 6) is 1.70. The lowest BCUT2D eigenvalue weighted by Crippen LogP contribution is -2.40. The normalized spacial score (nSPS) is 25.8. The minimum absolute atomic E-state index is 0.511. The van der Waals surface area contributed by atoms with Crippen LogP contribution in [0.5, 0.6) is 0 Å². The van der Waals surface area contributed by atoms with Crippen molar-refractivity contribution in [3.05, 3.63) is 12.2 Å². The molecular formula is C12H22S. The van der Waals surface area contributed by atoms with Crippen molar-refractivity contribution in [1.29, 1.82) is 0 Å². The lowest BCUT2D eigenvalue weighted by Gasteiger charge is -2.50. The SMILES string of the molecule is C=C1C(CS)CC1(CCC)CCC. The molecule has 1 unspecified atom stereocenters. The maximum absolute atomic E-state index is 4.36. The smallest absolute Gasteiger partial charge is 0.00317 e. The number of hydrogen-bond acceptors (Lipinski definition) is 1. The molecule has 0 nitrogen and oxygen atoms in total. The molecule has 0 bridgehead atoms. The Bertz CT molecular complexity index is 178. The zero-order valence-electron chi connectivity index (χ0n) is 8.97. The molecule has 0 spiro atoms. The first-order valence-electron chi connectivity index (χ1n) is 5.50. The first-order valence-corrected chi connectivity index (χ1v) is 6.13. The van der Waals surface area contributed by atoms with Crippen molar-refractivity contribution in [3.8, 4) is 0 Å². The van der Waals surface area contributed by atoms with Crippen molar-refractivity contribution in [2.24, 2.45) is 11.3 Å². The molecule has 76 valence electrons. The van der Waals surface area contributed by atoms with Crippen molar-refractivity contribution in [2.45, 2.75) is 46.0 Å². The van der Waals surface area contributed by atoms with E-state index >= 15 is 0 Å². The molecule has 0 aromatic carbocycles. The molecule has 0 amide bonds. The fourth-order valence-corrected chi connectivity index (χ4v) is 3.16. The quantitative estimate of drug-likeness (QED) is 0.499. The van der Waals surface area contributed by atoms with Crippen LogP contribution in [-0.2, 0) is 0 Å². The van der Waals surface area contributed by atoms with Crippen molar-refractivity contribution in [3.63, 3.8) is 0 Å². The fourth-order valence-electron chi connectivity index (χ4n) is 2.81. The molecule has 1 atom stereocenters. The van der Waals surface area contributed by atoms with E-state index in [9.17, 15) is 0 Å². The van der Waals surface area contributed by atoms with Gasteiger partial charge in [0.2, 0.25) is 0 Å². The van der Waals surface area contributed by atoms with Crippen LogP contribution in [0.3, 0.4) is 0 Å². The Morgan fingerprint density at radius 3 is 2.23 bits per heavy atom. The Labute approximate surface area is 88.2 Å². The topological polar surface area (TPSA) is 0 Å². The van der Waals surface area contributed by atoms with Crippen molar-refractivity contribution in [2.75, 3.05) is 5.75 Å². The minimum Gasteiger partial charge on any atom is -0.179 e. The van der Waals surface area contributed by atoms with Crippen LogP contribution in [0, 0.1) is 11.3 Å². The fraction of sp³-hybridized carbons (Fsp3) is 0.833. The second kappa shape index (κ2) is 4.54. The highest BCUT2D eigenvalue weighted by molar-refractivity contribution is 7.80. The molecule has 1 heteroatoms. The van der Waals surface area contributed by atoms with E-state index in [2.05, 4.69) is 33.1 Å². The summed E-state index contributed by atoms with van der Waals surface area (Å²) < 4.78 is 0. The molecule has 1 aliphatic rings. The molecule has 1 aliphatic carbocycles. The molecule has 0 aromatic rings. The molecule has 0 aromatic heterocycles.